The van der Waals surface area contributed by atoms with E-state index in [0.29, 0.717) is 22.5 Å². The average molecular weight is 399 g/mol. The molecule has 0 atom stereocenters. The summed E-state index contributed by atoms with van der Waals surface area (Å²) in [6, 6.07) is 22.3. The quantitative estimate of drug-likeness (QED) is 0.470. The molecule has 1 amide bonds. The molecule has 0 unspecified atom stereocenters. The van der Waals surface area contributed by atoms with Crippen LogP contribution in [0.3, 0.4) is 0 Å². The molecule has 1 aliphatic heterocycles. The van der Waals surface area contributed by atoms with E-state index in [1.54, 1.807) is 6.07 Å². The van der Waals surface area contributed by atoms with Crippen LogP contribution in [0.15, 0.2) is 72.8 Å². The van der Waals surface area contributed by atoms with Crippen LogP contribution >= 0.6 is 0 Å². The zero-order valence-corrected chi connectivity index (χ0v) is 16.4. The number of carbonyl (C=O) groups excluding carboxylic acids is 1. The molecule has 0 aliphatic carbocycles. The number of carboxylic acid groups (broad SMARTS) is 1. The Morgan fingerprint density at radius 1 is 0.967 bits per heavy atom. The Hall–Kier alpha value is -3.90. The van der Waals surface area contributed by atoms with E-state index < -0.39 is 5.97 Å². The topological polar surface area (TPSA) is 90.5 Å². The first-order valence-electron chi connectivity index (χ1n) is 9.56. The molecule has 6 heteroatoms. The van der Waals surface area contributed by atoms with Crippen molar-refractivity contribution in [3.63, 3.8) is 0 Å². The number of carboxylic acids is 1. The summed E-state index contributed by atoms with van der Waals surface area (Å²) < 4.78 is 0. The molecule has 0 fully saturated rings. The second kappa shape index (κ2) is 8.23. The monoisotopic (exact) mass is 399 g/mol. The normalized spacial score (nSPS) is 14.1. The summed E-state index contributed by atoms with van der Waals surface area (Å²) in [6.07, 6.45) is 0. The number of aromatic carboxylic acids is 1. The van der Waals surface area contributed by atoms with E-state index in [1.165, 1.54) is 12.1 Å². The minimum absolute atomic E-state index is 0.129. The minimum atomic E-state index is -1.03. The van der Waals surface area contributed by atoms with E-state index in [-0.39, 0.29) is 11.5 Å². The van der Waals surface area contributed by atoms with E-state index >= 15 is 0 Å². The molecule has 0 radical (unpaired) electrons. The van der Waals surface area contributed by atoms with Crippen molar-refractivity contribution in [3.8, 4) is 0 Å². The first-order valence-corrected chi connectivity index (χ1v) is 9.56. The number of hydrogen-bond acceptors (Lipinski definition) is 4. The highest BCUT2D eigenvalue weighted by molar-refractivity contribution is 6.37. The highest BCUT2D eigenvalue weighted by Gasteiger charge is 2.29. The van der Waals surface area contributed by atoms with Crippen LogP contribution in [0.1, 0.15) is 27.0 Å². The molecule has 1 aliphatic rings. The zero-order valence-electron chi connectivity index (χ0n) is 16.4. The van der Waals surface area contributed by atoms with E-state index in [2.05, 4.69) is 16.0 Å². The fraction of sp³-hybridized carbons (Fsp3) is 0.0833. The molecular weight excluding hydrogens is 378 g/mol. The number of hydrogen-bond donors (Lipinski definition) is 4. The highest BCUT2D eigenvalue weighted by Crippen LogP contribution is 2.38. The van der Waals surface area contributed by atoms with E-state index in [9.17, 15) is 14.7 Å². The van der Waals surface area contributed by atoms with Gasteiger partial charge >= 0.3 is 5.97 Å². The SMILES string of the molecule is CNCc1ccc(NC(=C2C(=O)Nc3cc(C(=O)O)ccc32)c2ccccc2)cc1. The van der Waals surface area contributed by atoms with Gasteiger partial charge in [0, 0.05) is 17.8 Å². The Kier molecular flexibility index (Phi) is 5.32. The van der Waals surface area contributed by atoms with Crippen LogP contribution in [0, 0.1) is 0 Å². The van der Waals surface area contributed by atoms with Crippen molar-refractivity contribution in [2.24, 2.45) is 0 Å². The van der Waals surface area contributed by atoms with Gasteiger partial charge < -0.3 is 21.1 Å². The van der Waals surface area contributed by atoms with Gasteiger partial charge in [-0.25, -0.2) is 4.79 Å². The first kappa shape index (κ1) is 19.4. The van der Waals surface area contributed by atoms with Gasteiger partial charge in [-0.05, 0) is 42.4 Å². The number of amides is 1. The van der Waals surface area contributed by atoms with E-state index in [1.807, 2.05) is 61.6 Å². The second-order valence-electron chi connectivity index (χ2n) is 6.99. The third kappa shape index (κ3) is 3.81. The van der Waals surface area contributed by atoms with Crippen molar-refractivity contribution in [3.05, 3.63) is 95.1 Å². The third-order valence-electron chi connectivity index (χ3n) is 4.93. The molecule has 4 N–H and O–H groups in total. The molecule has 3 aromatic rings. The molecule has 0 aromatic heterocycles. The fourth-order valence-corrected chi connectivity index (χ4v) is 3.49. The number of benzene rings is 3. The minimum Gasteiger partial charge on any atom is -0.478 e. The van der Waals surface area contributed by atoms with Crippen LogP contribution in [-0.2, 0) is 11.3 Å². The fourth-order valence-electron chi connectivity index (χ4n) is 3.49. The van der Waals surface area contributed by atoms with Gasteiger partial charge in [-0.2, -0.15) is 0 Å². The molecular formula is C24H21N3O3. The summed E-state index contributed by atoms with van der Waals surface area (Å²) in [5.74, 6) is -1.31. The summed E-state index contributed by atoms with van der Waals surface area (Å²) in [5.41, 5.74) is 5.30. The van der Waals surface area contributed by atoms with Crippen LogP contribution in [0.4, 0.5) is 11.4 Å². The van der Waals surface area contributed by atoms with Crippen molar-refractivity contribution < 1.29 is 14.7 Å². The van der Waals surface area contributed by atoms with Gasteiger partial charge in [-0.15, -0.1) is 0 Å². The predicted molar refractivity (Wildman–Crippen MR) is 118 cm³/mol. The molecule has 150 valence electrons. The molecule has 0 bridgehead atoms. The van der Waals surface area contributed by atoms with Gasteiger partial charge in [-0.1, -0.05) is 48.5 Å². The number of rotatable bonds is 6. The smallest absolute Gasteiger partial charge is 0.335 e. The maximum Gasteiger partial charge on any atom is 0.335 e. The third-order valence-corrected chi connectivity index (χ3v) is 4.93. The van der Waals surface area contributed by atoms with Gasteiger partial charge in [0.2, 0.25) is 0 Å². The predicted octanol–water partition coefficient (Wildman–Crippen LogP) is 4.04. The number of nitrogens with one attached hydrogen (secondary N) is 3. The lowest BCUT2D eigenvalue weighted by atomic mass is 9.99. The largest absolute Gasteiger partial charge is 0.478 e. The highest BCUT2D eigenvalue weighted by atomic mass is 16.4. The van der Waals surface area contributed by atoms with Gasteiger partial charge in [-0.3, -0.25) is 4.79 Å². The molecule has 1 heterocycles. The molecule has 4 rings (SSSR count). The van der Waals surface area contributed by atoms with Crippen LogP contribution in [-0.4, -0.2) is 24.0 Å². The van der Waals surface area contributed by atoms with Crippen LogP contribution in [0.2, 0.25) is 0 Å². The molecule has 6 nitrogen and oxygen atoms in total. The standard InChI is InChI=1S/C24H21N3O3/c1-25-14-15-7-10-18(11-8-15)26-22(16-5-3-2-4-6-16)21-19-12-9-17(24(29)30)13-20(19)27-23(21)28/h2-13,25-26H,14H2,1H3,(H,27,28)(H,29,30). The molecule has 0 saturated heterocycles. The van der Waals surface area contributed by atoms with Gasteiger partial charge in [0.25, 0.3) is 5.91 Å². The maximum absolute atomic E-state index is 12.9. The lowest BCUT2D eigenvalue weighted by Crippen LogP contribution is -2.10. The first-order chi connectivity index (χ1) is 14.6. The summed E-state index contributed by atoms with van der Waals surface area (Å²) >= 11 is 0. The molecule has 0 saturated carbocycles. The second-order valence-corrected chi connectivity index (χ2v) is 6.99. The van der Waals surface area contributed by atoms with Crippen LogP contribution in [0.25, 0.3) is 11.3 Å². The van der Waals surface area contributed by atoms with Crippen LogP contribution in [0.5, 0.6) is 0 Å². The van der Waals surface area contributed by atoms with Gasteiger partial charge in [0.05, 0.1) is 22.5 Å². The van der Waals surface area contributed by atoms with Crippen molar-refractivity contribution in [1.82, 2.24) is 5.32 Å². The van der Waals surface area contributed by atoms with Crippen molar-refractivity contribution in [2.45, 2.75) is 6.54 Å². The van der Waals surface area contributed by atoms with E-state index in [4.69, 9.17) is 0 Å². The number of fused-ring (bicyclic) bond motifs is 1. The summed E-state index contributed by atoms with van der Waals surface area (Å²) in [7, 11) is 1.90. The maximum atomic E-state index is 12.9. The molecule has 0 spiro atoms. The molecule has 30 heavy (non-hydrogen) atoms. The van der Waals surface area contributed by atoms with E-state index in [0.717, 1.165) is 23.4 Å². The van der Waals surface area contributed by atoms with Crippen LogP contribution < -0.4 is 16.0 Å². The van der Waals surface area contributed by atoms with Gasteiger partial charge in [0.1, 0.15) is 0 Å². The lowest BCUT2D eigenvalue weighted by Gasteiger charge is -2.15. The number of carbonyl (C=O) groups is 2. The Balaban J connectivity index is 1.82. The zero-order chi connectivity index (χ0) is 21.1. The summed E-state index contributed by atoms with van der Waals surface area (Å²) in [4.78, 5) is 24.2. The van der Waals surface area contributed by atoms with Crippen molar-refractivity contribution >= 4 is 34.5 Å². The van der Waals surface area contributed by atoms with Gasteiger partial charge in [0.15, 0.2) is 0 Å². The summed E-state index contributed by atoms with van der Waals surface area (Å²) in [5, 5.41) is 18.6. The van der Waals surface area contributed by atoms with Crippen molar-refractivity contribution in [1.29, 1.82) is 0 Å². The number of anilines is 2. The average Bonchev–Trinajstić information content (AvgIpc) is 3.08. The Morgan fingerprint density at radius 3 is 2.37 bits per heavy atom. The molecule has 3 aromatic carbocycles. The summed E-state index contributed by atoms with van der Waals surface area (Å²) in [6.45, 7) is 0.772. The van der Waals surface area contributed by atoms with Crippen molar-refractivity contribution in [2.75, 3.05) is 17.7 Å². The Labute approximate surface area is 174 Å². The Morgan fingerprint density at radius 2 is 1.70 bits per heavy atom. The lowest BCUT2D eigenvalue weighted by molar-refractivity contribution is -0.110. The Bertz CT molecular complexity index is 1140.